The van der Waals surface area contributed by atoms with Gasteiger partial charge in [-0.05, 0) is 126 Å². The smallest absolute Gasteiger partial charge is 0.491 e. The molecule has 18 atom stereocenters. The largest absolute Gasteiger partial charge is 0.509 e. The Morgan fingerprint density at radius 1 is 0.949 bits per heavy atom. The van der Waals surface area contributed by atoms with Gasteiger partial charge >= 0.3 is 18.1 Å². The van der Waals surface area contributed by atoms with Gasteiger partial charge < -0.3 is 77.5 Å². The van der Waals surface area contributed by atoms with E-state index in [4.69, 9.17) is 47.4 Å². The number of carboxylic acids is 1. The summed E-state index contributed by atoms with van der Waals surface area (Å²) in [5.41, 5.74) is -4.30. The molecule has 5 aliphatic rings. The van der Waals surface area contributed by atoms with E-state index in [1.165, 1.54) is 13.3 Å². The molecule has 4 saturated heterocycles. The fraction of sp³-hybridized carbons (Fsp3) is 0.772. The van der Waals surface area contributed by atoms with E-state index in [-0.39, 0.29) is 86.5 Å². The molecule has 0 radical (unpaired) electrons. The Bertz CT molecular complexity index is 2520. The number of carbonyl (C=O) groups excluding carboxylic acids is 3. The fourth-order valence-corrected chi connectivity index (χ4v) is 12.6. The number of esters is 1. The number of hydrogen-bond donors (Lipinski definition) is 4. The third kappa shape index (κ3) is 13.9. The Balaban J connectivity index is 1.07. The lowest BCUT2D eigenvalue weighted by Crippen LogP contribution is -2.64. The molecule has 5 fully saturated rings. The van der Waals surface area contributed by atoms with Gasteiger partial charge in [-0.3, -0.25) is 19.3 Å². The van der Waals surface area contributed by atoms with Crippen LogP contribution in [0.15, 0.2) is 29.2 Å². The number of methoxy groups -OCH3 is 1. The van der Waals surface area contributed by atoms with E-state index in [2.05, 4.69) is 5.32 Å². The molecule has 1 aromatic carbocycles. The van der Waals surface area contributed by atoms with E-state index < -0.39 is 113 Å². The number of cyclic esters (lactones) is 1. The van der Waals surface area contributed by atoms with Crippen LogP contribution < -0.4 is 15.5 Å². The molecule has 5 heterocycles. The van der Waals surface area contributed by atoms with Crippen LogP contribution in [0.25, 0.3) is 10.9 Å². The standard InChI is InChI=1S/C57H88N4O18/c1-15-42-57(10)50(78-54(68)79-57)34(6)60(13)28-30(2)26-55(8,69)49(77-53-46(64)41(59(11)12)24-31(3)73-53)32(4)47(33(5)52(67)75-42)76-44-27-56(9,70-14)48(35(7)74-44)58-43(62)20-21-71-22-23-72-37-18-19-40-38(25-37)45(63)39(51(65)66)29-61(40)36-16-17-36/h18-19,25,29-36,41-42,44,46-50,53,64,69H,15-17,20-24,26-28H2,1-14H3,(H,58,62)(H,65,66)/t30-,31-,32+,33-,34-,35+,41+,42-,44+,46-,47+,48-,49+,50-,53+,55-,56-,57+/m1/s1. The number of hydrogen-bond acceptors (Lipinski definition) is 19. The van der Waals surface area contributed by atoms with Crippen molar-refractivity contribution in [2.45, 2.75) is 210 Å². The minimum atomic E-state index is -1.63. The van der Waals surface area contributed by atoms with Gasteiger partial charge in [0.25, 0.3) is 0 Å². The number of carboxylic acid groups (broad SMARTS) is 1. The number of aromatic nitrogens is 1. The summed E-state index contributed by atoms with van der Waals surface area (Å²) in [6.45, 7) is 18.9. The number of benzene rings is 1. The van der Waals surface area contributed by atoms with Crippen LogP contribution in [0.4, 0.5) is 4.79 Å². The lowest BCUT2D eigenvalue weighted by Gasteiger charge is -2.49. The molecule has 4 N–H and O–H groups in total. The molecule has 1 amide bonds. The van der Waals surface area contributed by atoms with Crippen molar-refractivity contribution in [1.29, 1.82) is 0 Å². The first-order valence-corrected chi connectivity index (χ1v) is 28.1. The highest BCUT2D eigenvalue weighted by atomic mass is 16.8. The van der Waals surface area contributed by atoms with Gasteiger partial charge in [-0.25, -0.2) is 9.59 Å². The Morgan fingerprint density at radius 2 is 1.66 bits per heavy atom. The fourth-order valence-electron chi connectivity index (χ4n) is 12.6. The number of likely N-dealkylation sites (N-methyl/N-ethyl adjacent to an activating group) is 2. The van der Waals surface area contributed by atoms with E-state index in [0.717, 1.165) is 12.8 Å². The monoisotopic (exact) mass is 1120 g/mol. The van der Waals surface area contributed by atoms with Crippen LogP contribution in [0.3, 0.4) is 0 Å². The predicted octanol–water partition coefficient (Wildman–Crippen LogP) is 5.04. The SMILES string of the molecule is CC[C@H]1OC(=O)[C@H](C)[C@@H](O[C@H]2C[C@@](C)(OC)[C@H](NC(=O)CCOCCOc3ccc4c(c3)c(=O)c(C(=O)O)cn4C3CC3)[C@H](C)O2)[C@H](C)[C@H](O[C@@H]2O[C@H](C)C[C@H](N(C)C)[C@H]2O)[C@](C)(O)C[C@@H](C)CN(C)[C@H](C)[C@H]2OC(=O)O[C@]21C. The summed E-state index contributed by atoms with van der Waals surface area (Å²) in [5, 5.41) is 37.7. The number of pyridine rings is 1. The van der Waals surface area contributed by atoms with Gasteiger partial charge in [0.15, 0.2) is 24.3 Å². The van der Waals surface area contributed by atoms with Crippen LogP contribution in [-0.2, 0) is 52.2 Å². The van der Waals surface area contributed by atoms with Crippen LogP contribution in [0.5, 0.6) is 5.75 Å². The molecule has 1 aliphatic carbocycles. The molecular formula is C57H88N4O18. The lowest BCUT2D eigenvalue weighted by molar-refractivity contribution is -0.311. The molecule has 22 heteroatoms. The van der Waals surface area contributed by atoms with Crippen molar-refractivity contribution in [3.05, 3.63) is 40.2 Å². The molecule has 1 saturated carbocycles. The van der Waals surface area contributed by atoms with Gasteiger partial charge in [-0.1, -0.05) is 20.8 Å². The Labute approximate surface area is 463 Å². The highest BCUT2D eigenvalue weighted by molar-refractivity contribution is 5.93. The lowest BCUT2D eigenvalue weighted by atomic mass is 9.77. The maximum atomic E-state index is 14.8. The summed E-state index contributed by atoms with van der Waals surface area (Å²) in [7, 11) is 7.19. The molecule has 1 aromatic heterocycles. The first kappa shape index (κ1) is 62.1. The van der Waals surface area contributed by atoms with Crippen LogP contribution in [-0.4, -0.2) is 199 Å². The summed E-state index contributed by atoms with van der Waals surface area (Å²) < 4.78 is 64.5. The molecule has 2 aromatic rings. The molecule has 0 spiro atoms. The van der Waals surface area contributed by atoms with Crippen molar-refractivity contribution in [2.75, 3.05) is 54.6 Å². The van der Waals surface area contributed by atoms with Gasteiger partial charge in [0.2, 0.25) is 11.3 Å². The Kier molecular flexibility index (Phi) is 19.9. The molecule has 444 valence electrons. The van der Waals surface area contributed by atoms with E-state index >= 15 is 0 Å². The second kappa shape index (κ2) is 25.3. The summed E-state index contributed by atoms with van der Waals surface area (Å²) in [4.78, 5) is 70.2. The van der Waals surface area contributed by atoms with E-state index in [0.29, 0.717) is 24.2 Å². The van der Waals surface area contributed by atoms with Crippen molar-refractivity contribution in [2.24, 2.45) is 17.8 Å². The van der Waals surface area contributed by atoms with Crippen LogP contribution in [0.2, 0.25) is 0 Å². The summed E-state index contributed by atoms with van der Waals surface area (Å²) >= 11 is 0. The summed E-state index contributed by atoms with van der Waals surface area (Å²) in [6.07, 6.45) is -4.84. The van der Waals surface area contributed by atoms with Crippen molar-refractivity contribution in [3.8, 4) is 5.75 Å². The average Bonchev–Trinajstić information content (AvgIpc) is 4.30. The van der Waals surface area contributed by atoms with Crippen molar-refractivity contribution in [3.63, 3.8) is 0 Å². The van der Waals surface area contributed by atoms with E-state index in [1.807, 2.05) is 77.1 Å². The van der Waals surface area contributed by atoms with Gasteiger partial charge in [-0.15, -0.1) is 0 Å². The highest BCUT2D eigenvalue weighted by Crippen LogP contribution is 2.43. The Hall–Kier alpha value is -4.49. The molecule has 79 heavy (non-hydrogen) atoms. The molecular weight excluding hydrogens is 1030 g/mol. The molecule has 22 nitrogen and oxygen atoms in total. The van der Waals surface area contributed by atoms with Gasteiger partial charge in [-0.2, -0.15) is 0 Å². The highest BCUT2D eigenvalue weighted by Gasteiger charge is 2.58. The number of nitrogens with one attached hydrogen (secondary N) is 1. The van der Waals surface area contributed by atoms with Gasteiger partial charge in [0.05, 0.1) is 71.7 Å². The number of ether oxygens (including phenoxy) is 10. The number of aromatic carboxylic acids is 1. The minimum Gasteiger partial charge on any atom is -0.491 e. The number of aliphatic hydroxyl groups is 2. The van der Waals surface area contributed by atoms with Crippen LogP contribution in [0.1, 0.15) is 131 Å². The Morgan fingerprint density at radius 3 is 2.30 bits per heavy atom. The minimum absolute atomic E-state index is 0.0106. The molecule has 7 rings (SSSR count). The third-order valence-electron chi connectivity index (χ3n) is 17.2. The van der Waals surface area contributed by atoms with Crippen molar-refractivity contribution < 1.29 is 81.9 Å². The van der Waals surface area contributed by atoms with E-state index in [1.54, 1.807) is 45.9 Å². The third-order valence-corrected chi connectivity index (χ3v) is 17.2. The second-order valence-electron chi connectivity index (χ2n) is 23.9. The van der Waals surface area contributed by atoms with Crippen LogP contribution in [0, 0.1) is 17.8 Å². The summed E-state index contributed by atoms with van der Waals surface area (Å²) in [6, 6.07) is 3.78. The van der Waals surface area contributed by atoms with Gasteiger partial charge in [0.1, 0.15) is 30.1 Å². The number of aliphatic hydroxyl groups excluding tert-OH is 1. The van der Waals surface area contributed by atoms with Gasteiger partial charge in [0, 0.05) is 56.7 Å². The van der Waals surface area contributed by atoms with Crippen molar-refractivity contribution >= 4 is 34.9 Å². The van der Waals surface area contributed by atoms with Crippen molar-refractivity contribution in [1.82, 2.24) is 19.7 Å². The van der Waals surface area contributed by atoms with E-state index in [9.17, 15) is 39.3 Å². The maximum absolute atomic E-state index is 14.8. The maximum Gasteiger partial charge on any atom is 0.509 e. The van der Waals surface area contributed by atoms with Crippen LogP contribution >= 0.6 is 0 Å². The number of fused-ring (bicyclic) bond motifs is 2. The predicted molar refractivity (Wildman–Crippen MR) is 288 cm³/mol. The zero-order valence-electron chi connectivity index (χ0n) is 48.6. The quantitative estimate of drug-likeness (QED) is 0.119. The molecule has 4 aliphatic heterocycles. The number of rotatable bonds is 17. The topological polar surface area (TPSA) is 262 Å². The summed E-state index contributed by atoms with van der Waals surface area (Å²) in [5.74, 6) is -3.99. The number of carbonyl (C=O) groups is 4. The molecule has 0 bridgehead atoms. The average molecular weight is 1120 g/mol. The zero-order valence-corrected chi connectivity index (χ0v) is 48.6. The first-order chi connectivity index (χ1) is 37.1. The number of amides is 1. The second-order valence-corrected chi connectivity index (χ2v) is 23.9. The first-order valence-electron chi connectivity index (χ1n) is 28.1. The number of nitrogens with zero attached hydrogens (tertiary/aromatic N) is 3. The normalized spacial score (nSPS) is 38.0. The zero-order chi connectivity index (χ0) is 58.1. The molecule has 0 unspecified atom stereocenters.